The molecule has 3 heteroatoms. The lowest BCUT2D eigenvalue weighted by molar-refractivity contribution is -0.140. The molecule has 0 bridgehead atoms. The summed E-state index contributed by atoms with van der Waals surface area (Å²) >= 11 is 0. The Bertz CT molecular complexity index is 716. The minimum atomic E-state index is -0.253. The van der Waals surface area contributed by atoms with Gasteiger partial charge in [-0.1, -0.05) is 43.2 Å². The normalized spacial score (nSPS) is 22.1. The number of methoxy groups -OCH3 is 1. The van der Waals surface area contributed by atoms with Gasteiger partial charge in [-0.15, -0.1) is 5.92 Å². The van der Waals surface area contributed by atoms with Crippen LogP contribution in [0, 0.1) is 17.8 Å². The number of carbonyl (C=O) groups is 1. The topological polar surface area (TPSA) is 35.5 Å². The molecule has 1 aromatic carbocycles. The third-order valence-electron chi connectivity index (χ3n) is 4.74. The van der Waals surface area contributed by atoms with Crippen LogP contribution in [-0.2, 0) is 9.53 Å². The first kappa shape index (κ1) is 19.8. The molecule has 1 aliphatic rings. The first-order valence-corrected chi connectivity index (χ1v) is 9.16. The monoisotopic (exact) mass is 352 g/mol. The van der Waals surface area contributed by atoms with E-state index in [-0.39, 0.29) is 24.4 Å². The van der Waals surface area contributed by atoms with Gasteiger partial charge in [-0.2, -0.15) is 0 Å². The third kappa shape index (κ3) is 5.26. The van der Waals surface area contributed by atoms with E-state index >= 15 is 0 Å². The summed E-state index contributed by atoms with van der Waals surface area (Å²) in [5.41, 5.74) is 2.35. The van der Waals surface area contributed by atoms with E-state index in [0.717, 1.165) is 24.2 Å². The molecule has 0 aliphatic heterocycles. The quantitative estimate of drug-likeness (QED) is 0.532. The van der Waals surface area contributed by atoms with Gasteiger partial charge in [0.25, 0.3) is 0 Å². The smallest absolute Gasteiger partial charge is 0.307 e. The van der Waals surface area contributed by atoms with E-state index in [2.05, 4.69) is 30.9 Å². The Morgan fingerprint density at radius 2 is 2.08 bits per heavy atom. The fourth-order valence-electron chi connectivity index (χ4n) is 3.25. The molecular formula is C23H28O3. The molecule has 0 saturated heterocycles. The summed E-state index contributed by atoms with van der Waals surface area (Å²) in [6.07, 6.45) is 8.91. The van der Waals surface area contributed by atoms with Gasteiger partial charge in [-0.25, -0.2) is 0 Å². The van der Waals surface area contributed by atoms with Gasteiger partial charge < -0.3 is 9.47 Å². The van der Waals surface area contributed by atoms with Crippen LogP contribution < -0.4 is 4.74 Å². The van der Waals surface area contributed by atoms with Gasteiger partial charge in [0.2, 0.25) is 0 Å². The summed E-state index contributed by atoms with van der Waals surface area (Å²) in [7, 11) is 1.40. The number of hydrogen-bond acceptors (Lipinski definition) is 3. The van der Waals surface area contributed by atoms with Crippen LogP contribution in [0.3, 0.4) is 0 Å². The third-order valence-corrected chi connectivity index (χ3v) is 4.74. The Morgan fingerprint density at radius 3 is 2.69 bits per heavy atom. The lowest BCUT2D eigenvalue weighted by Crippen LogP contribution is -2.21. The maximum absolute atomic E-state index is 11.6. The van der Waals surface area contributed by atoms with E-state index in [9.17, 15) is 4.79 Å². The zero-order valence-electron chi connectivity index (χ0n) is 16.1. The Hall–Kier alpha value is -2.47. The van der Waals surface area contributed by atoms with Gasteiger partial charge in [-0.05, 0) is 55.9 Å². The second-order valence-corrected chi connectivity index (χ2v) is 6.62. The van der Waals surface area contributed by atoms with Gasteiger partial charge in [0.05, 0.1) is 19.4 Å². The van der Waals surface area contributed by atoms with Crippen molar-refractivity contribution < 1.29 is 14.3 Å². The average molecular weight is 352 g/mol. The van der Waals surface area contributed by atoms with Gasteiger partial charge in [0.15, 0.2) is 0 Å². The number of hydrogen-bond donors (Lipinski definition) is 0. The summed E-state index contributed by atoms with van der Waals surface area (Å²) in [6.45, 7) is 6.04. The van der Waals surface area contributed by atoms with Gasteiger partial charge in [-0.3, -0.25) is 4.79 Å². The molecule has 3 nitrogen and oxygen atoms in total. The molecule has 1 aliphatic carbocycles. The van der Waals surface area contributed by atoms with Crippen LogP contribution in [0.5, 0.6) is 5.75 Å². The summed E-state index contributed by atoms with van der Waals surface area (Å²) in [5.74, 6) is 6.93. The van der Waals surface area contributed by atoms with E-state index in [4.69, 9.17) is 9.47 Å². The van der Waals surface area contributed by atoms with Crippen LogP contribution in [0.25, 0.3) is 0 Å². The van der Waals surface area contributed by atoms with Crippen LogP contribution in [0.2, 0.25) is 0 Å². The summed E-state index contributed by atoms with van der Waals surface area (Å²) < 4.78 is 11.0. The van der Waals surface area contributed by atoms with Gasteiger partial charge in [0.1, 0.15) is 11.9 Å². The molecule has 1 aromatic rings. The molecule has 0 radical (unpaired) electrons. The maximum Gasteiger partial charge on any atom is 0.307 e. The summed E-state index contributed by atoms with van der Waals surface area (Å²) in [5, 5.41) is 0. The lowest BCUT2D eigenvalue weighted by Gasteiger charge is -2.20. The SMILES string of the molecule is CC#CC(CC(=O)OC)c1ccc(OC2/C(=C/C=C\C)CCC2C)cc1. The van der Waals surface area contributed by atoms with Crippen LogP contribution in [0.1, 0.15) is 51.5 Å². The first-order chi connectivity index (χ1) is 12.6. The van der Waals surface area contributed by atoms with E-state index in [1.54, 1.807) is 6.92 Å². The number of ether oxygens (including phenoxy) is 2. The highest BCUT2D eigenvalue weighted by Gasteiger charge is 2.29. The Morgan fingerprint density at radius 1 is 1.35 bits per heavy atom. The van der Waals surface area contributed by atoms with Crippen LogP contribution in [0.15, 0.2) is 48.1 Å². The molecule has 26 heavy (non-hydrogen) atoms. The van der Waals surface area contributed by atoms with Crippen LogP contribution in [0.4, 0.5) is 0 Å². The van der Waals surface area contributed by atoms with Crippen molar-refractivity contribution in [2.75, 3.05) is 7.11 Å². The van der Waals surface area contributed by atoms with E-state index < -0.39 is 0 Å². The maximum atomic E-state index is 11.6. The zero-order chi connectivity index (χ0) is 18.9. The van der Waals surface area contributed by atoms with Crippen molar-refractivity contribution in [1.29, 1.82) is 0 Å². The summed E-state index contributed by atoms with van der Waals surface area (Å²) in [6, 6.07) is 7.91. The van der Waals surface area contributed by atoms with Crippen molar-refractivity contribution in [3.05, 3.63) is 53.6 Å². The van der Waals surface area contributed by atoms with Crippen molar-refractivity contribution in [3.8, 4) is 17.6 Å². The number of carbonyl (C=O) groups excluding carboxylic acids is 1. The number of rotatable bonds is 6. The molecule has 138 valence electrons. The Balaban J connectivity index is 2.12. The predicted octanol–water partition coefficient (Wildman–Crippen LogP) is 5.04. The molecule has 3 unspecified atom stereocenters. The molecule has 0 amide bonds. The second kappa shape index (κ2) is 9.87. The van der Waals surface area contributed by atoms with Crippen molar-refractivity contribution in [1.82, 2.24) is 0 Å². The molecule has 2 rings (SSSR count). The molecule has 1 fully saturated rings. The van der Waals surface area contributed by atoms with E-state index in [0.29, 0.717) is 5.92 Å². The zero-order valence-corrected chi connectivity index (χ0v) is 16.1. The first-order valence-electron chi connectivity index (χ1n) is 9.16. The van der Waals surface area contributed by atoms with Crippen LogP contribution in [-0.4, -0.2) is 19.2 Å². The van der Waals surface area contributed by atoms with Crippen molar-refractivity contribution >= 4 is 5.97 Å². The molecule has 0 spiro atoms. The minimum Gasteiger partial charge on any atom is -0.486 e. The number of allylic oxidation sites excluding steroid dienone is 3. The van der Waals surface area contributed by atoms with Crippen molar-refractivity contribution in [3.63, 3.8) is 0 Å². The van der Waals surface area contributed by atoms with Gasteiger partial charge >= 0.3 is 5.97 Å². The molecule has 0 aromatic heterocycles. The van der Waals surface area contributed by atoms with Gasteiger partial charge in [0, 0.05) is 0 Å². The van der Waals surface area contributed by atoms with Crippen molar-refractivity contribution in [2.45, 2.75) is 52.1 Å². The fraction of sp³-hybridized carbons (Fsp3) is 0.435. The average Bonchev–Trinajstić information content (AvgIpc) is 3.00. The highest BCUT2D eigenvalue weighted by Crippen LogP contribution is 2.34. The molecule has 0 heterocycles. The van der Waals surface area contributed by atoms with Crippen LogP contribution >= 0.6 is 0 Å². The summed E-state index contributed by atoms with van der Waals surface area (Å²) in [4.78, 5) is 11.6. The fourth-order valence-corrected chi connectivity index (χ4v) is 3.25. The molecule has 1 saturated carbocycles. The van der Waals surface area contributed by atoms with E-state index in [1.807, 2.05) is 37.3 Å². The van der Waals surface area contributed by atoms with E-state index in [1.165, 1.54) is 12.7 Å². The largest absolute Gasteiger partial charge is 0.486 e. The molecule has 0 N–H and O–H groups in total. The standard InChI is InChI=1S/C23H28O3/c1-5-7-9-19-11-10-17(3)23(19)26-21-14-12-18(13-15-21)20(8-6-2)16-22(24)25-4/h5,7,9,12-15,17,20,23H,10-11,16H2,1-4H3/b7-5-,19-9+. The molecule has 3 atom stereocenters. The highest BCUT2D eigenvalue weighted by molar-refractivity contribution is 5.71. The second-order valence-electron chi connectivity index (χ2n) is 6.62. The number of benzene rings is 1. The van der Waals surface area contributed by atoms with Crippen molar-refractivity contribution in [2.24, 2.45) is 5.92 Å². The molecular weight excluding hydrogens is 324 g/mol. The Kier molecular flexibility index (Phi) is 7.53. The number of esters is 1. The minimum absolute atomic E-state index is 0.123. The highest BCUT2D eigenvalue weighted by atomic mass is 16.5. The predicted molar refractivity (Wildman–Crippen MR) is 105 cm³/mol. The Labute approximate surface area is 157 Å². The lowest BCUT2D eigenvalue weighted by atomic mass is 9.96.